The number of amides is 1. The van der Waals surface area contributed by atoms with E-state index in [2.05, 4.69) is 20.2 Å². The van der Waals surface area contributed by atoms with Crippen molar-refractivity contribution in [3.8, 4) is 0 Å². The predicted molar refractivity (Wildman–Crippen MR) is 111 cm³/mol. The van der Waals surface area contributed by atoms with Crippen LogP contribution in [0.5, 0.6) is 0 Å². The molecule has 4 rings (SSSR count). The number of aromatic nitrogens is 2. The first kappa shape index (κ1) is 20.5. The number of halogens is 2. The number of benzene rings is 1. The second-order valence-corrected chi connectivity index (χ2v) is 8.30. The van der Waals surface area contributed by atoms with Crippen LogP contribution in [-0.2, 0) is 4.79 Å². The largest absolute Gasteiger partial charge is 0.371 e. The van der Waals surface area contributed by atoms with Crippen molar-refractivity contribution in [2.75, 3.05) is 23.3 Å². The lowest BCUT2D eigenvalue weighted by Crippen LogP contribution is -2.36. The molecule has 30 heavy (non-hydrogen) atoms. The fourth-order valence-corrected chi connectivity index (χ4v) is 4.58. The van der Waals surface area contributed by atoms with Crippen molar-refractivity contribution in [1.82, 2.24) is 9.97 Å². The predicted octanol–water partition coefficient (Wildman–Crippen LogP) is 3.59. The van der Waals surface area contributed by atoms with Crippen molar-refractivity contribution in [3.63, 3.8) is 0 Å². The molecule has 0 radical (unpaired) electrons. The maximum atomic E-state index is 14.6. The Morgan fingerprint density at radius 2 is 1.93 bits per heavy atom. The Morgan fingerprint density at radius 1 is 1.13 bits per heavy atom. The van der Waals surface area contributed by atoms with Crippen molar-refractivity contribution < 1.29 is 13.6 Å². The average molecular weight is 415 g/mol. The number of piperidine rings is 1. The Bertz CT molecular complexity index is 892. The summed E-state index contributed by atoms with van der Waals surface area (Å²) in [6.45, 7) is 1.46. The van der Waals surface area contributed by atoms with Crippen LogP contribution in [0.15, 0.2) is 30.5 Å². The van der Waals surface area contributed by atoms with Crippen LogP contribution in [0.1, 0.15) is 50.1 Å². The smallest absolute Gasteiger partial charge is 0.223 e. The number of nitrogens with zero attached hydrogens (tertiary/aromatic N) is 3. The number of nitrogens with two attached hydrogens (primary N) is 1. The van der Waals surface area contributed by atoms with Gasteiger partial charge in [-0.3, -0.25) is 4.79 Å². The minimum atomic E-state index is -0.412. The van der Waals surface area contributed by atoms with Crippen LogP contribution in [0.4, 0.5) is 20.4 Å². The third-order valence-electron chi connectivity index (χ3n) is 6.18. The van der Waals surface area contributed by atoms with Crippen molar-refractivity contribution >= 4 is 17.5 Å². The van der Waals surface area contributed by atoms with Crippen LogP contribution in [0.25, 0.3) is 0 Å². The van der Waals surface area contributed by atoms with Gasteiger partial charge in [-0.25, -0.2) is 18.7 Å². The van der Waals surface area contributed by atoms with Crippen LogP contribution in [0.3, 0.4) is 0 Å². The monoisotopic (exact) mass is 415 g/mol. The highest BCUT2D eigenvalue weighted by Gasteiger charge is 2.28. The molecule has 3 N–H and O–H groups in total. The number of hydrogen-bond acceptors (Lipinski definition) is 5. The fraction of sp³-hybridized carbons (Fsp3) is 0.500. The zero-order chi connectivity index (χ0) is 21.1. The second kappa shape index (κ2) is 8.93. The topological polar surface area (TPSA) is 84.1 Å². The Labute approximate surface area is 174 Å². The summed E-state index contributed by atoms with van der Waals surface area (Å²) in [5.74, 6) is -0.780. The lowest BCUT2D eigenvalue weighted by atomic mass is 9.85. The molecule has 1 aliphatic carbocycles. The summed E-state index contributed by atoms with van der Waals surface area (Å²) in [7, 11) is 0. The van der Waals surface area contributed by atoms with Crippen molar-refractivity contribution in [1.29, 1.82) is 0 Å². The lowest BCUT2D eigenvalue weighted by Gasteiger charge is -2.34. The number of anilines is 2. The van der Waals surface area contributed by atoms with E-state index in [4.69, 9.17) is 5.73 Å². The van der Waals surface area contributed by atoms with Crippen LogP contribution in [0.2, 0.25) is 0 Å². The number of nitrogens with one attached hydrogen (secondary N) is 1. The van der Waals surface area contributed by atoms with Gasteiger partial charge in [0.05, 0.1) is 11.9 Å². The van der Waals surface area contributed by atoms with E-state index in [9.17, 15) is 13.6 Å². The molecule has 160 valence electrons. The highest BCUT2D eigenvalue weighted by atomic mass is 19.1. The normalized spacial score (nSPS) is 24.5. The maximum Gasteiger partial charge on any atom is 0.223 e. The molecule has 8 heteroatoms. The highest BCUT2D eigenvalue weighted by Crippen LogP contribution is 2.31. The fourth-order valence-electron chi connectivity index (χ4n) is 4.58. The van der Waals surface area contributed by atoms with Crippen LogP contribution >= 0.6 is 0 Å². The van der Waals surface area contributed by atoms with Gasteiger partial charge in [0.25, 0.3) is 0 Å². The van der Waals surface area contributed by atoms with Crippen LogP contribution in [0, 0.1) is 17.6 Å². The molecule has 2 aromatic rings. The molecule has 1 aromatic carbocycles. The standard InChI is InChI=1S/C22H27F2N5O/c23-16-6-8-18(9-7-16)29-10-2-4-15(13-29)20-19(24)12-26-22(28-20)27-17-5-1-3-14(11-17)21(25)30/h6-9,12,14-15,17H,1-5,10-11,13H2,(H2,25,30)(H,26,27,28). The van der Waals surface area contributed by atoms with E-state index < -0.39 is 5.82 Å². The van der Waals surface area contributed by atoms with E-state index in [-0.39, 0.29) is 29.6 Å². The van der Waals surface area contributed by atoms with E-state index >= 15 is 0 Å². The third-order valence-corrected chi connectivity index (χ3v) is 6.18. The van der Waals surface area contributed by atoms with Crippen molar-refractivity contribution in [2.24, 2.45) is 11.7 Å². The first-order valence-corrected chi connectivity index (χ1v) is 10.6. The van der Waals surface area contributed by atoms with Gasteiger partial charge in [-0.1, -0.05) is 6.42 Å². The summed E-state index contributed by atoms with van der Waals surface area (Å²) < 4.78 is 27.8. The van der Waals surface area contributed by atoms with E-state index in [0.29, 0.717) is 24.6 Å². The maximum absolute atomic E-state index is 14.6. The second-order valence-electron chi connectivity index (χ2n) is 8.30. The summed E-state index contributed by atoms with van der Waals surface area (Å²) in [4.78, 5) is 22.3. The van der Waals surface area contributed by atoms with Crippen LogP contribution in [-0.4, -0.2) is 35.0 Å². The van der Waals surface area contributed by atoms with E-state index in [1.54, 1.807) is 12.1 Å². The zero-order valence-electron chi connectivity index (χ0n) is 16.9. The summed E-state index contributed by atoms with van der Waals surface area (Å²) in [6.07, 6.45) is 6.22. The summed E-state index contributed by atoms with van der Waals surface area (Å²) in [6, 6.07) is 6.43. The van der Waals surface area contributed by atoms with Gasteiger partial charge in [0.1, 0.15) is 5.82 Å². The minimum Gasteiger partial charge on any atom is -0.371 e. The molecule has 1 saturated carbocycles. The Kier molecular flexibility index (Phi) is 6.11. The molecular weight excluding hydrogens is 388 g/mol. The van der Waals surface area contributed by atoms with Crippen molar-refractivity contribution in [3.05, 3.63) is 47.8 Å². The molecule has 2 heterocycles. The van der Waals surface area contributed by atoms with Gasteiger partial charge in [-0.05, 0) is 56.4 Å². The van der Waals surface area contributed by atoms with E-state index in [1.807, 2.05) is 0 Å². The molecule has 1 amide bonds. The van der Waals surface area contributed by atoms with Gasteiger partial charge in [0.2, 0.25) is 11.9 Å². The molecule has 2 aliphatic rings. The number of primary amides is 1. The molecule has 1 saturated heterocycles. The Hall–Kier alpha value is -2.77. The summed E-state index contributed by atoms with van der Waals surface area (Å²) in [5, 5.41) is 3.27. The first-order valence-electron chi connectivity index (χ1n) is 10.6. The number of carbonyl (C=O) groups excluding carboxylic acids is 1. The summed E-state index contributed by atoms with van der Waals surface area (Å²) >= 11 is 0. The molecule has 1 aromatic heterocycles. The first-order chi connectivity index (χ1) is 14.5. The molecule has 2 fully saturated rings. The molecule has 0 bridgehead atoms. The number of hydrogen-bond donors (Lipinski definition) is 2. The van der Waals surface area contributed by atoms with E-state index in [1.165, 1.54) is 18.3 Å². The molecule has 3 unspecified atom stereocenters. The van der Waals surface area contributed by atoms with Gasteiger partial charge >= 0.3 is 0 Å². The number of rotatable bonds is 5. The van der Waals surface area contributed by atoms with Gasteiger partial charge in [0.15, 0.2) is 5.82 Å². The third kappa shape index (κ3) is 4.68. The Morgan fingerprint density at radius 3 is 2.70 bits per heavy atom. The zero-order valence-corrected chi connectivity index (χ0v) is 16.9. The molecule has 0 spiro atoms. The van der Waals surface area contributed by atoms with Gasteiger partial charge < -0.3 is 16.0 Å². The lowest BCUT2D eigenvalue weighted by molar-refractivity contribution is -0.122. The SMILES string of the molecule is NC(=O)C1CCCC(Nc2ncc(F)c(C3CCCN(c4ccc(F)cc4)C3)n2)C1. The molecule has 3 atom stereocenters. The van der Waals surface area contributed by atoms with Gasteiger partial charge in [0, 0.05) is 36.7 Å². The average Bonchev–Trinajstić information content (AvgIpc) is 2.76. The molecule has 6 nitrogen and oxygen atoms in total. The highest BCUT2D eigenvalue weighted by molar-refractivity contribution is 5.76. The quantitative estimate of drug-likeness (QED) is 0.780. The van der Waals surface area contributed by atoms with E-state index in [0.717, 1.165) is 44.3 Å². The molecular formula is C22H27F2N5O. The van der Waals surface area contributed by atoms with Crippen LogP contribution < -0.4 is 16.0 Å². The Balaban J connectivity index is 1.47. The molecule has 1 aliphatic heterocycles. The summed E-state index contributed by atoms with van der Waals surface area (Å²) in [5.41, 5.74) is 6.79. The van der Waals surface area contributed by atoms with Gasteiger partial charge in [-0.15, -0.1) is 0 Å². The number of carbonyl (C=O) groups is 1. The minimum absolute atomic E-state index is 0.0524. The van der Waals surface area contributed by atoms with Crippen molar-refractivity contribution in [2.45, 2.75) is 50.5 Å². The van der Waals surface area contributed by atoms with Gasteiger partial charge in [-0.2, -0.15) is 0 Å².